The Labute approximate surface area is 683 Å². The Morgan fingerprint density at radius 3 is 0.343 bits per heavy atom. The minimum Gasteiger partial charge on any atom is -0.305 e. The van der Waals surface area contributed by atoms with E-state index in [-0.39, 0.29) is 22.3 Å². The monoisotopic (exact) mass is 1530 g/mol. The van der Waals surface area contributed by atoms with E-state index in [2.05, 4.69) is 178 Å². The number of piperidine rings is 4. The lowest BCUT2D eigenvalue weighted by Gasteiger charge is -2.31. The van der Waals surface area contributed by atoms with Gasteiger partial charge in [-0.05, 0) is 372 Å². The second-order valence-corrected chi connectivity index (χ2v) is 32.6. The first-order valence-corrected chi connectivity index (χ1v) is 47.2. The Balaban J connectivity index is -0.00000111. The molecule has 0 saturated carbocycles. The molecule has 0 aliphatic carbocycles. The van der Waals surface area contributed by atoms with Crippen molar-refractivity contribution in [3.8, 4) is 0 Å². The molecule has 0 N–H and O–H groups in total. The van der Waals surface area contributed by atoms with Crippen LogP contribution in [0.4, 0.5) is 0 Å². The average Bonchev–Trinajstić information content (AvgIpc) is 1.36. The van der Waals surface area contributed by atoms with Gasteiger partial charge in [0.15, 0.2) is 0 Å². The van der Waals surface area contributed by atoms with Gasteiger partial charge in [-0.2, -0.15) is 0 Å². The Bertz CT molecular complexity index is 1490. The second-order valence-electron chi connectivity index (χ2n) is 32.6. The third-order valence-electron chi connectivity index (χ3n) is 24.5. The number of hydrogen-bond donors (Lipinski definition) is 0. The molecule has 108 heavy (non-hydrogen) atoms. The molecule has 13 heterocycles. The smallest absolute Gasteiger partial charge is 0.0110 e. The standard InChI is InChI=1S/C8H18N2.4C8H17N.C7H16N2.4C7H15N.C6H13N.C5H11N.C4H9N.3CH4/c1-3-10-6-4-5-9(2)7-8-10;4*1-2-9-7-5-3-4-6-8-9;1-3-9-6-4-8(2)5-7-9;4*1-2-8-6-4-3-5-7-8;1-2-7-5-3-4-6-7;1-2-6-4-3-5-6;1-2-5-3-4-5;;;/h3-8H2,1-2H3;4*2-8H2,1H3;3-7H2,1-2H3;4*2-7H2,1H3;2-6H2,1H3;2-5H2,1H3;2-4H2,1H3;3*1H4. The topological polar surface area (TPSA) is 48.4 Å². The fraction of sp³-hybridized carbons (Fsp3) is 1.00. The van der Waals surface area contributed by atoms with Gasteiger partial charge in [-0.25, -0.2) is 0 Å². The summed E-state index contributed by atoms with van der Waals surface area (Å²) in [6.07, 6.45) is 45.9. The molecule has 0 aromatic carbocycles. The fourth-order valence-corrected chi connectivity index (χ4v) is 15.7. The molecule has 15 heteroatoms. The highest BCUT2D eigenvalue weighted by molar-refractivity contribution is 4.72. The predicted octanol–water partition coefficient (Wildman–Crippen LogP) is 18.4. The Morgan fingerprint density at radius 1 is 0.111 bits per heavy atom. The van der Waals surface area contributed by atoms with E-state index in [9.17, 15) is 0 Å². The van der Waals surface area contributed by atoms with Gasteiger partial charge >= 0.3 is 0 Å². The summed E-state index contributed by atoms with van der Waals surface area (Å²) in [5, 5.41) is 0. The van der Waals surface area contributed by atoms with Crippen molar-refractivity contribution in [3.63, 3.8) is 0 Å². The maximum atomic E-state index is 2.55. The third kappa shape index (κ3) is 67.6. The van der Waals surface area contributed by atoms with Crippen LogP contribution in [0.25, 0.3) is 0 Å². The Kier molecular flexibility index (Phi) is 85.6. The number of rotatable bonds is 13. The summed E-state index contributed by atoms with van der Waals surface area (Å²) in [5.41, 5.74) is 0. The predicted molar refractivity (Wildman–Crippen MR) is 490 cm³/mol. The molecular formula is C93H207N15. The first-order chi connectivity index (χ1) is 51.4. The highest BCUT2D eigenvalue weighted by atomic mass is 15.3. The van der Waals surface area contributed by atoms with Gasteiger partial charge in [-0.15, -0.1) is 0 Å². The molecule has 0 unspecified atom stereocenters. The molecule has 0 spiro atoms. The van der Waals surface area contributed by atoms with Crippen molar-refractivity contribution < 1.29 is 0 Å². The van der Waals surface area contributed by atoms with E-state index in [0.717, 1.165) is 0 Å². The van der Waals surface area contributed by atoms with E-state index in [0.29, 0.717) is 0 Å². The first kappa shape index (κ1) is 112. The molecule has 0 aromatic heterocycles. The second kappa shape index (κ2) is 82.9. The minimum atomic E-state index is 0. The van der Waals surface area contributed by atoms with Crippen molar-refractivity contribution >= 4 is 0 Å². The molecule has 0 amide bonds. The van der Waals surface area contributed by atoms with Crippen LogP contribution in [0.1, 0.15) is 318 Å². The van der Waals surface area contributed by atoms with Gasteiger partial charge in [0.2, 0.25) is 0 Å². The Morgan fingerprint density at radius 2 is 0.204 bits per heavy atom. The zero-order valence-corrected chi connectivity index (χ0v) is 74.7. The van der Waals surface area contributed by atoms with Crippen LogP contribution in [-0.2, 0) is 0 Å². The summed E-state index contributed by atoms with van der Waals surface area (Å²) in [6.45, 7) is 84.9. The van der Waals surface area contributed by atoms with Gasteiger partial charge in [0.05, 0.1) is 0 Å². The molecule has 0 radical (unpaired) electrons. The van der Waals surface area contributed by atoms with Gasteiger partial charge in [0.1, 0.15) is 0 Å². The summed E-state index contributed by atoms with van der Waals surface area (Å²) in [6, 6.07) is 0. The molecule has 654 valence electrons. The molecule has 0 aromatic rings. The minimum absolute atomic E-state index is 0. The fourth-order valence-electron chi connectivity index (χ4n) is 15.7. The number of piperazine rings is 1. The molecular weight excluding hydrogens is 1330 g/mol. The zero-order valence-electron chi connectivity index (χ0n) is 74.7. The number of likely N-dealkylation sites (tertiary alicyclic amines) is 10. The largest absolute Gasteiger partial charge is 0.305 e. The molecule has 15 nitrogen and oxygen atoms in total. The van der Waals surface area contributed by atoms with E-state index in [1.165, 1.54) is 487 Å². The first-order valence-electron chi connectivity index (χ1n) is 47.2. The van der Waals surface area contributed by atoms with Crippen LogP contribution in [0.3, 0.4) is 0 Å². The number of nitrogens with zero attached hydrogens (tertiary/aromatic N) is 15. The quantitative estimate of drug-likeness (QED) is 0.164. The lowest BCUT2D eigenvalue weighted by atomic mass is 10.1. The van der Waals surface area contributed by atoms with Gasteiger partial charge in [-0.3, -0.25) is 0 Å². The third-order valence-corrected chi connectivity index (χ3v) is 24.5. The highest BCUT2D eigenvalue weighted by Gasteiger charge is 2.16. The van der Waals surface area contributed by atoms with Crippen molar-refractivity contribution in [2.24, 2.45) is 0 Å². The molecule has 0 bridgehead atoms. The summed E-state index contributed by atoms with van der Waals surface area (Å²) >= 11 is 0. The normalized spacial score (nSPS) is 23.1. The van der Waals surface area contributed by atoms with Crippen LogP contribution < -0.4 is 0 Å². The summed E-state index contributed by atoms with van der Waals surface area (Å²) in [5.74, 6) is 0. The van der Waals surface area contributed by atoms with Gasteiger partial charge in [0.25, 0.3) is 0 Å². The van der Waals surface area contributed by atoms with E-state index in [1.807, 2.05) is 0 Å². The highest BCUT2D eigenvalue weighted by Crippen LogP contribution is 2.14. The van der Waals surface area contributed by atoms with Crippen molar-refractivity contribution in [2.75, 3.05) is 296 Å². The van der Waals surface area contributed by atoms with Crippen molar-refractivity contribution in [1.29, 1.82) is 0 Å². The summed E-state index contributed by atoms with van der Waals surface area (Å²) < 4.78 is 0. The molecule has 13 saturated heterocycles. The van der Waals surface area contributed by atoms with Gasteiger partial charge in [-0.1, -0.05) is 189 Å². The molecule has 13 aliphatic rings. The van der Waals surface area contributed by atoms with E-state index in [4.69, 9.17) is 0 Å². The maximum absolute atomic E-state index is 2.55. The lowest BCUT2D eigenvalue weighted by Crippen LogP contribution is -2.44. The van der Waals surface area contributed by atoms with Crippen molar-refractivity contribution in [3.05, 3.63) is 0 Å². The van der Waals surface area contributed by atoms with Crippen LogP contribution in [-0.4, -0.2) is 369 Å². The van der Waals surface area contributed by atoms with E-state index >= 15 is 0 Å². The van der Waals surface area contributed by atoms with Crippen LogP contribution in [0.15, 0.2) is 0 Å². The summed E-state index contributed by atoms with van der Waals surface area (Å²) in [4.78, 5) is 37.4. The van der Waals surface area contributed by atoms with Gasteiger partial charge in [0, 0.05) is 52.4 Å². The van der Waals surface area contributed by atoms with Crippen molar-refractivity contribution in [1.82, 2.24) is 73.5 Å². The van der Waals surface area contributed by atoms with Crippen LogP contribution in [0.2, 0.25) is 0 Å². The van der Waals surface area contributed by atoms with Crippen LogP contribution in [0, 0.1) is 0 Å². The average molecular weight is 1540 g/mol. The van der Waals surface area contributed by atoms with Crippen molar-refractivity contribution in [2.45, 2.75) is 318 Å². The summed E-state index contributed by atoms with van der Waals surface area (Å²) in [7, 11) is 4.39. The molecule has 13 aliphatic heterocycles. The Hall–Kier alpha value is -0.600. The van der Waals surface area contributed by atoms with E-state index in [1.54, 1.807) is 0 Å². The lowest BCUT2D eigenvalue weighted by molar-refractivity contribution is 0.160. The van der Waals surface area contributed by atoms with E-state index < -0.39 is 0 Å². The molecule has 13 rings (SSSR count). The molecule has 0 atom stereocenters. The van der Waals surface area contributed by atoms with Gasteiger partial charge < -0.3 is 73.5 Å². The zero-order chi connectivity index (χ0) is 76.7. The maximum Gasteiger partial charge on any atom is 0.0110 e. The number of likely N-dealkylation sites (N-methyl/N-ethyl adjacent to an activating group) is 5. The SMILES string of the molecule is C.C.C.CCN1CC1.CCN1CCC1.CCN1CCCC1.CCN1CCCCC1.CCN1CCCCC1.CCN1CCCCC1.CCN1CCCCC1.CCN1CCCCCC1.CCN1CCCCCC1.CCN1CCCCCC1.CCN1CCCCCC1.CCN1CCCN(C)CC1.CCN1CCN(C)CC1. The van der Waals surface area contributed by atoms with Crippen LogP contribution >= 0.6 is 0 Å². The van der Waals surface area contributed by atoms with Crippen LogP contribution in [0.5, 0.6) is 0 Å². The number of hydrogen-bond acceptors (Lipinski definition) is 15. The molecule has 13 fully saturated rings.